The number of nitro benzene ring substituents is 2. The minimum absolute atomic E-state index is 0.151. The number of carbonyl (C=O) groups excluding carboxylic acids is 2. The molecule has 0 radical (unpaired) electrons. The summed E-state index contributed by atoms with van der Waals surface area (Å²) >= 11 is 0.824. The van der Waals surface area contributed by atoms with Gasteiger partial charge in [-0.1, -0.05) is 30.3 Å². The second kappa shape index (κ2) is 8.93. The van der Waals surface area contributed by atoms with Crippen LogP contribution in [0.25, 0.3) is 6.08 Å². The van der Waals surface area contributed by atoms with Crippen LogP contribution in [0.2, 0.25) is 0 Å². The van der Waals surface area contributed by atoms with Crippen LogP contribution in [-0.2, 0) is 4.79 Å². The minimum Gasteiger partial charge on any atom is -0.450 e. The van der Waals surface area contributed by atoms with Crippen molar-refractivity contribution in [2.75, 3.05) is 4.90 Å². The SMILES string of the molecule is O=C1S/C(=C/c2ccc(Oc3ccc([N+](=O)[O-])cc3[N+](=O)[O-])cc2)C(=O)N1c1ccccc1. The summed E-state index contributed by atoms with van der Waals surface area (Å²) < 4.78 is 5.52. The topological polar surface area (TPSA) is 133 Å². The summed E-state index contributed by atoms with van der Waals surface area (Å²) in [5.74, 6) is -0.332. The van der Waals surface area contributed by atoms with Crippen LogP contribution in [0.1, 0.15) is 5.56 Å². The van der Waals surface area contributed by atoms with Crippen LogP contribution in [0.4, 0.5) is 21.9 Å². The maximum atomic E-state index is 12.7. The zero-order valence-corrected chi connectivity index (χ0v) is 17.4. The number of amides is 2. The standard InChI is InChI=1S/C22H13N3O7S/c26-21-20(33-22(27)23(21)15-4-2-1-3-5-15)12-14-6-9-17(10-7-14)32-19-11-8-16(24(28)29)13-18(19)25(30)31/h1-13H/b20-12+. The summed E-state index contributed by atoms with van der Waals surface area (Å²) in [5.41, 5.74) is 0.132. The van der Waals surface area contributed by atoms with E-state index in [1.54, 1.807) is 48.5 Å². The van der Waals surface area contributed by atoms with E-state index >= 15 is 0 Å². The van der Waals surface area contributed by atoms with Crippen molar-refractivity contribution in [1.29, 1.82) is 0 Å². The first-order valence-corrected chi connectivity index (χ1v) is 10.2. The van der Waals surface area contributed by atoms with Gasteiger partial charge in [0, 0.05) is 6.07 Å². The van der Waals surface area contributed by atoms with Crippen LogP contribution in [0.5, 0.6) is 11.5 Å². The highest BCUT2D eigenvalue weighted by molar-refractivity contribution is 8.19. The first kappa shape index (κ1) is 21.7. The fraction of sp³-hybridized carbons (Fsp3) is 0. The van der Waals surface area contributed by atoms with Gasteiger partial charge in [0.1, 0.15) is 5.75 Å². The van der Waals surface area contributed by atoms with Crippen LogP contribution in [-0.4, -0.2) is 21.0 Å². The summed E-state index contributed by atoms with van der Waals surface area (Å²) in [6.07, 6.45) is 1.56. The van der Waals surface area contributed by atoms with E-state index in [0.717, 1.165) is 34.9 Å². The van der Waals surface area contributed by atoms with Crippen LogP contribution in [0.3, 0.4) is 0 Å². The molecule has 2 amide bonds. The molecule has 1 aliphatic heterocycles. The van der Waals surface area contributed by atoms with Crippen molar-refractivity contribution in [3.05, 3.63) is 103 Å². The largest absolute Gasteiger partial charge is 0.450 e. The van der Waals surface area contributed by atoms with Gasteiger partial charge in [-0.05, 0) is 53.7 Å². The van der Waals surface area contributed by atoms with Gasteiger partial charge in [-0.3, -0.25) is 29.8 Å². The molecule has 1 saturated heterocycles. The number of nitro groups is 2. The lowest BCUT2D eigenvalue weighted by Gasteiger charge is -2.11. The third kappa shape index (κ3) is 4.57. The van der Waals surface area contributed by atoms with E-state index in [9.17, 15) is 29.8 Å². The number of hydrogen-bond acceptors (Lipinski definition) is 8. The van der Waals surface area contributed by atoms with Crippen molar-refractivity contribution in [3.63, 3.8) is 0 Å². The number of benzene rings is 3. The molecule has 4 rings (SSSR count). The summed E-state index contributed by atoms with van der Waals surface area (Å²) in [6.45, 7) is 0. The molecule has 3 aromatic rings. The Morgan fingerprint density at radius 3 is 2.21 bits per heavy atom. The van der Waals surface area contributed by atoms with Crippen LogP contribution in [0, 0.1) is 20.2 Å². The molecule has 3 aromatic carbocycles. The molecule has 0 aliphatic carbocycles. The molecule has 1 heterocycles. The molecule has 1 fully saturated rings. The molecular formula is C22H13N3O7S. The highest BCUT2D eigenvalue weighted by atomic mass is 32.2. The number of non-ortho nitro benzene ring substituents is 1. The monoisotopic (exact) mass is 463 g/mol. The van der Waals surface area contributed by atoms with Crippen molar-refractivity contribution in [2.24, 2.45) is 0 Å². The Hall–Kier alpha value is -4.51. The van der Waals surface area contributed by atoms with Gasteiger partial charge < -0.3 is 4.74 Å². The highest BCUT2D eigenvalue weighted by Gasteiger charge is 2.36. The Labute approximate surface area is 190 Å². The molecular weight excluding hydrogens is 450 g/mol. The Balaban J connectivity index is 1.53. The zero-order chi connectivity index (χ0) is 23.5. The molecule has 0 unspecified atom stereocenters. The van der Waals surface area contributed by atoms with E-state index in [4.69, 9.17) is 4.74 Å². The summed E-state index contributed by atoms with van der Waals surface area (Å²) in [7, 11) is 0. The van der Waals surface area contributed by atoms with E-state index in [-0.39, 0.29) is 16.4 Å². The first-order valence-electron chi connectivity index (χ1n) is 9.37. The third-order valence-corrected chi connectivity index (χ3v) is 5.43. The quantitative estimate of drug-likeness (QED) is 0.264. The molecule has 10 nitrogen and oxygen atoms in total. The number of hydrogen-bond donors (Lipinski definition) is 0. The van der Waals surface area contributed by atoms with Crippen LogP contribution in [0.15, 0.2) is 77.7 Å². The third-order valence-electron chi connectivity index (χ3n) is 4.56. The van der Waals surface area contributed by atoms with Crippen molar-refractivity contribution >= 4 is 46.0 Å². The second-order valence-corrected chi connectivity index (χ2v) is 7.68. The zero-order valence-electron chi connectivity index (χ0n) is 16.6. The Morgan fingerprint density at radius 1 is 0.879 bits per heavy atom. The maximum Gasteiger partial charge on any atom is 0.318 e. The van der Waals surface area contributed by atoms with Crippen molar-refractivity contribution in [1.82, 2.24) is 0 Å². The molecule has 11 heteroatoms. The van der Waals surface area contributed by atoms with Crippen molar-refractivity contribution < 1.29 is 24.2 Å². The lowest BCUT2D eigenvalue weighted by atomic mass is 10.2. The number of ether oxygens (including phenoxy) is 1. The smallest absolute Gasteiger partial charge is 0.318 e. The molecule has 0 bridgehead atoms. The van der Waals surface area contributed by atoms with Crippen molar-refractivity contribution in [3.8, 4) is 11.5 Å². The first-order chi connectivity index (χ1) is 15.8. The molecule has 0 aromatic heterocycles. The van der Waals surface area contributed by atoms with E-state index in [1.165, 1.54) is 12.1 Å². The number of thioether (sulfide) groups is 1. The maximum absolute atomic E-state index is 12.7. The number of para-hydroxylation sites is 1. The number of nitrogens with zero attached hydrogens (tertiary/aromatic N) is 3. The highest BCUT2D eigenvalue weighted by Crippen LogP contribution is 2.37. The summed E-state index contributed by atoms with van der Waals surface area (Å²) in [4.78, 5) is 47.0. The Kier molecular flexibility index (Phi) is 5.87. The van der Waals surface area contributed by atoms with E-state index < -0.39 is 32.4 Å². The fourth-order valence-corrected chi connectivity index (χ4v) is 3.87. The van der Waals surface area contributed by atoms with Crippen LogP contribution >= 0.6 is 11.8 Å². The normalized spacial score (nSPS) is 14.5. The summed E-state index contributed by atoms with van der Waals surface area (Å²) in [6, 6.07) is 18.0. The van der Waals surface area contributed by atoms with Gasteiger partial charge in [0.2, 0.25) is 5.75 Å². The summed E-state index contributed by atoms with van der Waals surface area (Å²) in [5, 5.41) is 21.7. The number of imide groups is 1. The molecule has 33 heavy (non-hydrogen) atoms. The van der Waals surface area contributed by atoms with E-state index in [2.05, 4.69) is 0 Å². The van der Waals surface area contributed by atoms with Gasteiger partial charge in [0.05, 0.1) is 26.5 Å². The minimum atomic E-state index is -0.764. The van der Waals surface area contributed by atoms with Crippen LogP contribution < -0.4 is 9.64 Å². The van der Waals surface area contributed by atoms with Gasteiger partial charge in [-0.15, -0.1) is 0 Å². The average molecular weight is 463 g/mol. The average Bonchev–Trinajstić information content (AvgIpc) is 3.08. The molecule has 0 atom stereocenters. The Bertz CT molecular complexity index is 1310. The molecule has 0 saturated carbocycles. The van der Waals surface area contributed by atoms with Gasteiger partial charge in [0.25, 0.3) is 16.8 Å². The predicted molar refractivity (Wildman–Crippen MR) is 121 cm³/mol. The molecule has 0 spiro atoms. The van der Waals surface area contributed by atoms with Gasteiger partial charge in [-0.2, -0.15) is 0 Å². The van der Waals surface area contributed by atoms with Crippen molar-refractivity contribution in [2.45, 2.75) is 0 Å². The fourth-order valence-electron chi connectivity index (χ4n) is 3.03. The molecule has 164 valence electrons. The second-order valence-electron chi connectivity index (χ2n) is 6.69. The number of anilines is 1. The Morgan fingerprint density at radius 2 is 1.58 bits per heavy atom. The molecule has 0 N–H and O–H groups in total. The van der Waals surface area contributed by atoms with Gasteiger partial charge in [0.15, 0.2) is 0 Å². The lowest BCUT2D eigenvalue weighted by Crippen LogP contribution is -2.27. The lowest BCUT2D eigenvalue weighted by molar-refractivity contribution is -0.394. The van der Waals surface area contributed by atoms with E-state index in [0.29, 0.717) is 11.3 Å². The van der Waals surface area contributed by atoms with Gasteiger partial charge in [-0.25, -0.2) is 4.90 Å². The van der Waals surface area contributed by atoms with E-state index in [1.807, 2.05) is 0 Å². The number of carbonyl (C=O) groups is 2. The predicted octanol–water partition coefficient (Wildman–Crippen LogP) is 5.54. The molecule has 1 aliphatic rings. The van der Waals surface area contributed by atoms with Gasteiger partial charge >= 0.3 is 5.69 Å². The number of rotatable bonds is 6.